The molecule has 3 rings (SSSR count). The highest BCUT2D eigenvalue weighted by Crippen LogP contribution is 2.26. The molecule has 0 radical (unpaired) electrons. The molecule has 1 aromatic rings. The molecular weight excluding hydrogens is 276 g/mol. The van der Waals surface area contributed by atoms with E-state index in [4.69, 9.17) is 4.74 Å². The van der Waals surface area contributed by atoms with Crippen molar-refractivity contribution in [3.05, 3.63) is 35.4 Å². The minimum atomic E-state index is -0.214. The molecule has 1 aromatic carbocycles. The summed E-state index contributed by atoms with van der Waals surface area (Å²) in [6.07, 6.45) is 5.36. The predicted molar refractivity (Wildman–Crippen MR) is 86.6 cm³/mol. The van der Waals surface area contributed by atoms with Gasteiger partial charge in [0.1, 0.15) is 0 Å². The molecular formula is C18H26N2O2. The second-order valence-corrected chi connectivity index (χ2v) is 6.32. The third-order valence-corrected chi connectivity index (χ3v) is 4.65. The zero-order valence-corrected chi connectivity index (χ0v) is 13.5. The van der Waals surface area contributed by atoms with E-state index in [9.17, 15) is 4.79 Å². The van der Waals surface area contributed by atoms with Gasteiger partial charge in [-0.1, -0.05) is 19.1 Å². The zero-order valence-electron chi connectivity index (χ0n) is 13.5. The van der Waals surface area contributed by atoms with E-state index in [1.54, 1.807) is 0 Å². The number of hydrogen-bond acceptors (Lipinski definition) is 4. The maximum Gasteiger partial charge on any atom is 0.338 e. The summed E-state index contributed by atoms with van der Waals surface area (Å²) < 4.78 is 5.17. The molecule has 1 unspecified atom stereocenters. The van der Waals surface area contributed by atoms with Gasteiger partial charge in [-0.2, -0.15) is 0 Å². The molecule has 0 bridgehead atoms. The highest BCUT2D eigenvalue weighted by molar-refractivity contribution is 5.89. The zero-order chi connectivity index (χ0) is 15.4. The first kappa shape index (κ1) is 15.5. The molecule has 4 nitrogen and oxygen atoms in total. The van der Waals surface area contributed by atoms with Crippen LogP contribution in [0.15, 0.2) is 24.3 Å². The number of ether oxygens (including phenoxy) is 1. The lowest BCUT2D eigenvalue weighted by Gasteiger charge is -2.40. The molecule has 0 aromatic heterocycles. The van der Waals surface area contributed by atoms with Crippen molar-refractivity contribution in [2.75, 3.05) is 26.2 Å². The van der Waals surface area contributed by atoms with Crippen LogP contribution in [0.4, 0.5) is 0 Å². The Labute approximate surface area is 133 Å². The molecule has 0 saturated carbocycles. The van der Waals surface area contributed by atoms with Gasteiger partial charge in [0.25, 0.3) is 0 Å². The Morgan fingerprint density at radius 1 is 1.18 bits per heavy atom. The quantitative estimate of drug-likeness (QED) is 0.783. The number of fused-ring (bicyclic) bond motifs is 1. The van der Waals surface area contributed by atoms with Crippen molar-refractivity contribution in [3.8, 4) is 0 Å². The second kappa shape index (κ2) is 7.25. The van der Waals surface area contributed by atoms with Crippen LogP contribution >= 0.6 is 0 Å². The Balaban J connectivity index is 1.60. The Morgan fingerprint density at radius 2 is 1.95 bits per heavy atom. The van der Waals surface area contributed by atoms with E-state index in [0.717, 1.165) is 13.0 Å². The Hall–Kier alpha value is -1.39. The van der Waals surface area contributed by atoms with Gasteiger partial charge in [0.15, 0.2) is 0 Å². The third kappa shape index (κ3) is 3.50. The molecule has 2 saturated heterocycles. The lowest BCUT2D eigenvalue weighted by atomic mass is 10.1. The summed E-state index contributed by atoms with van der Waals surface area (Å²) in [5, 5.41) is 0. The average Bonchev–Trinajstić information content (AvgIpc) is 3.03. The van der Waals surface area contributed by atoms with Crippen molar-refractivity contribution < 1.29 is 9.53 Å². The van der Waals surface area contributed by atoms with Crippen molar-refractivity contribution in [2.24, 2.45) is 0 Å². The van der Waals surface area contributed by atoms with Crippen LogP contribution in [0.25, 0.3) is 0 Å². The molecule has 2 aliphatic rings. The molecule has 1 atom stereocenters. The molecule has 2 aliphatic heterocycles. The monoisotopic (exact) mass is 302 g/mol. The second-order valence-electron chi connectivity index (χ2n) is 6.32. The van der Waals surface area contributed by atoms with Crippen molar-refractivity contribution in [1.82, 2.24) is 9.80 Å². The van der Waals surface area contributed by atoms with Gasteiger partial charge >= 0.3 is 5.97 Å². The number of carbonyl (C=O) groups is 1. The average molecular weight is 302 g/mol. The molecule has 22 heavy (non-hydrogen) atoms. The lowest BCUT2D eigenvalue weighted by molar-refractivity contribution is 0.0286. The maximum atomic E-state index is 11.8. The highest BCUT2D eigenvalue weighted by atomic mass is 16.5. The van der Waals surface area contributed by atoms with Crippen LogP contribution in [0.5, 0.6) is 0 Å². The smallest absolute Gasteiger partial charge is 0.338 e. The molecule has 0 spiro atoms. The van der Waals surface area contributed by atoms with E-state index < -0.39 is 0 Å². The molecule has 0 aliphatic carbocycles. The van der Waals surface area contributed by atoms with Crippen LogP contribution in [0.3, 0.4) is 0 Å². The van der Waals surface area contributed by atoms with Crippen LogP contribution < -0.4 is 0 Å². The number of benzene rings is 1. The molecule has 4 heteroatoms. The number of esters is 1. The van der Waals surface area contributed by atoms with E-state index in [-0.39, 0.29) is 5.97 Å². The van der Waals surface area contributed by atoms with Crippen molar-refractivity contribution in [3.63, 3.8) is 0 Å². The SMILES string of the molecule is CCCOC(=O)c1ccc(CN2CCCN3CCCC32)cc1. The van der Waals surface area contributed by atoms with E-state index in [1.165, 1.54) is 44.5 Å². The standard InChI is InChI=1S/C18H26N2O2/c1-2-13-22-18(21)16-8-6-15(7-9-16)14-20-12-4-11-19-10-3-5-17(19)20/h6-9,17H,2-5,10-14H2,1H3. The van der Waals surface area contributed by atoms with E-state index in [1.807, 2.05) is 19.1 Å². The van der Waals surface area contributed by atoms with Gasteiger partial charge < -0.3 is 4.74 Å². The first-order valence-corrected chi connectivity index (χ1v) is 8.52. The predicted octanol–water partition coefficient (Wildman–Crippen LogP) is 2.88. The molecule has 2 heterocycles. The maximum absolute atomic E-state index is 11.8. The summed E-state index contributed by atoms with van der Waals surface area (Å²) in [6.45, 7) is 7.16. The Kier molecular flexibility index (Phi) is 5.11. The fourth-order valence-corrected chi connectivity index (χ4v) is 3.55. The van der Waals surface area contributed by atoms with E-state index in [0.29, 0.717) is 18.3 Å². The van der Waals surface area contributed by atoms with Gasteiger partial charge in [0.2, 0.25) is 0 Å². The fraction of sp³-hybridized carbons (Fsp3) is 0.611. The molecule has 0 N–H and O–H groups in total. The lowest BCUT2D eigenvalue weighted by Crippen LogP contribution is -2.49. The Bertz CT molecular complexity index is 500. The van der Waals surface area contributed by atoms with Gasteiger partial charge in [-0.3, -0.25) is 9.80 Å². The van der Waals surface area contributed by atoms with Crippen LogP contribution in [-0.4, -0.2) is 48.2 Å². The van der Waals surface area contributed by atoms with Crippen LogP contribution in [0.1, 0.15) is 48.5 Å². The topological polar surface area (TPSA) is 32.8 Å². The molecule has 120 valence electrons. The van der Waals surface area contributed by atoms with E-state index in [2.05, 4.69) is 21.9 Å². The Morgan fingerprint density at radius 3 is 2.73 bits per heavy atom. The summed E-state index contributed by atoms with van der Waals surface area (Å²) in [4.78, 5) is 17.0. The van der Waals surface area contributed by atoms with Gasteiger partial charge in [0, 0.05) is 19.6 Å². The third-order valence-electron chi connectivity index (χ3n) is 4.65. The minimum Gasteiger partial charge on any atom is -0.462 e. The minimum absolute atomic E-state index is 0.214. The number of nitrogens with zero attached hydrogens (tertiary/aromatic N) is 2. The van der Waals surface area contributed by atoms with Gasteiger partial charge in [-0.05, 0) is 49.9 Å². The molecule has 0 amide bonds. The van der Waals surface area contributed by atoms with E-state index >= 15 is 0 Å². The summed E-state index contributed by atoms with van der Waals surface area (Å²) in [5.74, 6) is -0.214. The van der Waals surface area contributed by atoms with Crippen molar-refractivity contribution in [1.29, 1.82) is 0 Å². The number of rotatable bonds is 5. The summed E-state index contributed by atoms with van der Waals surface area (Å²) in [7, 11) is 0. The summed E-state index contributed by atoms with van der Waals surface area (Å²) in [5.41, 5.74) is 1.93. The first-order chi connectivity index (χ1) is 10.8. The fourth-order valence-electron chi connectivity index (χ4n) is 3.55. The van der Waals surface area contributed by atoms with Crippen molar-refractivity contribution >= 4 is 5.97 Å². The van der Waals surface area contributed by atoms with Gasteiger partial charge in [-0.15, -0.1) is 0 Å². The largest absolute Gasteiger partial charge is 0.462 e. The normalized spacial score (nSPS) is 22.5. The number of hydrogen-bond donors (Lipinski definition) is 0. The first-order valence-electron chi connectivity index (χ1n) is 8.52. The summed E-state index contributed by atoms with van der Waals surface area (Å²) >= 11 is 0. The summed E-state index contributed by atoms with van der Waals surface area (Å²) in [6, 6.07) is 7.92. The van der Waals surface area contributed by atoms with Crippen LogP contribution in [0, 0.1) is 0 Å². The van der Waals surface area contributed by atoms with Crippen LogP contribution in [0.2, 0.25) is 0 Å². The van der Waals surface area contributed by atoms with Crippen molar-refractivity contribution in [2.45, 2.75) is 45.3 Å². The number of carbonyl (C=O) groups excluding carboxylic acids is 1. The van der Waals surface area contributed by atoms with Crippen LogP contribution in [-0.2, 0) is 11.3 Å². The highest BCUT2D eigenvalue weighted by Gasteiger charge is 2.32. The van der Waals surface area contributed by atoms with Gasteiger partial charge in [-0.25, -0.2) is 4.79 Å². The van der Waals surface area contributed by atoms with Gasteiger partial charge in [0.05, 0.1) is 18.3 Å². The molecule has 2 fully saturated rings.